The van der Waals surface area contributed by atoms with Gasteiger partial charge in [-0.2, -0.15) is 8.42 Å². The van der Waals surface area contributed by atoms with Gasteiger partial charge >= 0.3 is 10.1 Å². The minimum absolute atomic E-state index is 0.0503. The molecule has 0 unspecified atom stereocenters. The Morgan fingerprint density at radius 1 is 1.17 bits per heavy atom. The SMILES string of the molecule is CS(=O)(=O)Oc1ccc2oc(C(=O)c3ccc(Cl)cc3Cl)[c]c2c1. The van der Waals surface area contributed by atoms with Gasteiger partial charge in [0, 0.05) is 22.0 Å². The van der Waals surface area contributed by atoms with E-state index in [9.17, 15) is 13.2 Å². The summed E-state index contributed by atoms with van der Waals surface area (Å²) in [6, 6.07) is 11.6. The van der Waals surface area contributed by atoms with E-state index in [1.54, 1.807) is 6.07 Å². The van der Waals surface area contributed by atoms with Crippen molar-refractivity contribution in [2.45, 2.75) is 0 Å². The van der Waals surface area contributed by atoms with Crippen molar-refractivity contribution < 1.29 is 21.8 Å². The van der Waals surface area contributed by atoms with Crippen molar-refractivity contribution in [1.29, 1.82) is 0 Å². The first-order valence-corrected chi connectivity index (χ1v) is 9.15. The van der Waals surface area contributed by atoms with E-state index in [4.69, 9.17) is 31.8 Å². The Balaban J connectivity index is 1.99. The van der Waals surface area contributed by atoms with E-state index < -0.39 is 15.9 Å². The molecule has 0 fully saturated rings. The standard InChI is InChI=1S/C16H9Cl2O5S/c1-24(20,21)23-11-3-5-14-9(6-11)7-15(22-14)16(19)12-4-2-10(17)8-13(12)18/h2-6,8H,1H3. The number of carbonyl (C=O) groups excluding carboxylic acids is 1. The maximum Gasteiger partial charge on any atom is 0.306 e. The third-order valence-electron chi connectivity index (χ3n) is 3.04. The zero-order chi connectivity index (χ0) is 17.5. The molecule has 5 nitrogen and oxygen atoms in total. The number of carbonyl (C=O) groups is 1. The third-order valence-corrected chi connectivity index (χ3v) is 4.08. The van der Waals surface area contributed by atoms with Gasteiger partial charge in [-0.05, 0) is 36.4 Å². The van der Waals surface area contributed by atoms with E-state index >= 15 is 0 Å². The van der Waals surface area contributed by atoms with Crippen LogP contribution in [0.15, 0.2) is 40.8 Å². The predicted molar refractivity (Wildman–Crippen MR) is 90.4 cm³/mol. The highest BCUT2D eigenvalue weighted by Crippen LogP contribution is 2.28. The Hall–Kier alpha value is -2.02. The van der Waals surface area contributed by atoms with Crippen molar-refractivity contribution in [3.63, 3.8) is 0 Å². The summed E-state index contributed by atoms with van der Waals surface area (Å²) in [5.41, 5.74) is 0.591. The summed E-state index contributed by atoms with van der Waals surface area (Å²) in [5, 5.41) is 1.01. The average Bonchev–Trinajstić information content (AvgIpc) is 2.88. The molecule has 0 N–H and O–H groups in total. The van der Waals surface area contributed by atoms with Crippen LogP contribution in [0.5, 0.6) is 5.75 Å². The molecule has 0 aliphatic heterocycles. The Labute approximate surface area is 147 Å². The quantitative estimate of drug-likeness (QED) is 0.500. The lowest BCUT2D eigenvalue weighted by Crippen LogP contribution is -2.05. The van der Waals surface area contributed by atoms with Gasteiger partial charge in [0.1, 0.15) is 11.3 Å². The zero-order valence-electron chi connectivity index (χ0n) is 12.2. The summed E-state index contributed by atoms with van der Waals surface area (Å²) in [5.74, 6) is -0.408. The van der Waals surface area contributed by atoms with Crippen LogP contribution in [-0.4, -0.2) is 20.5 Å². The molecule has 0 spiro atoms. The van der Waals surface area contributed by atoms with E-state index in [-0.39, 0.29) is 22.1 Å². The highest BCUT2D eigenvalue weighted by Gasteiger charge is 2.18. The Morgan fingerprint density at radius 3 is 2.58 bits per heavy atom. The number of fused-ring (bicyclic) bond motifs is 1. The second kappa shape index (κ2) is 6.12. The summed E-state index contributed by atoms with van der Waals surface area (Å²) in [7, 11) is -3.65. The van der Waals surface area contributed by atoms with Crippen LogP contribution in [0, 0.1) is 6.07 Å². The van der Waals surface area contributed by atoms with Crippen molar-refractivity contribution in [2.24, 2.45) is 0 Å². The second-order valence-corrected chi connectivity index (χ2v) is 7.37. The second-order valence-electron chi connectivity index (χ2n) is 4.95. The predicted octanol–water partition coefficient (Wildman–Crippen LogP) is 4.11. The molecule has 0 bridgehead atoms. The van der Waals surface area contributed by atoms with Gasteiger partial charge in [0.15, 0.2) is 5.76 Å². The summed E-state index contributed by atoms with van der Waals surface area (Å²) >= 11 is 11.8. The van der Waals surface area contributed by atoms with Gasteiger partial charge in [0.25, 0.3) is 0 Å². The minimum Gasteiger partial charge on any atom is -0.452 e. The van der Waals surface area contributed by atoms with Crippen LogP contribution in [0.3, 0.4) is 0 Å². The highest BCUT2D eigenvalue weighted by atomic mass is 35.5. The molecule has 1 heterocycles. The van der Waals surface area contributed by atoms with Crippen molar-refractivity contribution in [3.8, 4) is 5.75 Å². The van der Waals surface area contributed by atoms with Crippen LogP contribution in [0.2, 0.25) is 10.0 Å². The minimum atomic E-state index is -3.65. The third kappa shape index (κ3) is 3.56. The van der Waals surface area contributed by atoms with Crippen molar-refractivity contribution >= 4 is 50.1 Å². The van der Waals surface area contributed by atoms with Gasteiger partial charge in [0.05, 0.1) is 11.3 Å². The number of halogens is 2. The lowest BCUT2D eigenvalue weighted by Gasteiger charge is -2.01. The number of hydrogen-bond donors (Lipinski definition) is 0. The molecule has 1 radical (unpaired) electrons. The van der Waals surface area contributed by atoms with Gasteiger partial charge < -0.3 is 8.60 Å². The summed E-state index contributed by atoms with van der Waals surface area (Å²) in [6.07, 6.45) is 0.938. The maximum absolute atomic E-state index is 12.5. The lowest BCUT2D eigenvalue weighted by molar-refractivity contribution is 0.101. The molecule has 0 saturated carbocycles. The van der Waals surface area contributed by atoms with Crippen LogP contribution >= 0.6 is 23.2 Å². The van der Waals surface area contributed by atoms with Crippen LogP contribution in [-0.2, 0) is 10.1 Å². The van der Waals surface area contributed by atoms with Crippen LogP contribution in [0.25, 0.3) is 11.0 Å². The van der Waals surface area contributed by atoms with Crippen LogP contribution in [0.1, 0.15) is 16.1 Å². The molecule has 0 saturated heterocycles. The molecule has 3 rings (SSSR count). The average molecular weight is 384 g/mol. The van der Waals surface area contributed by atoms with E-state index in [0.717, 1.165) is 6.26 Å². The molecule has 123 valence electrons. The first-order chi connectivity index (χ1) is 11.2. The number of ketones is 1. The van der Waals surface area contributed by atoms with E-state index in [2.05, 4.69) is 6.07 Å². The zero-order valence-corrected chi connectivity index (χ0v) is 14.5. The van der Waals surface area contributed by atoms with Crippen LogP contribution < -0.4 is 4.18 Å². The fourth-order valence-electron chi connectivity index (χ4n) is 2.08. The molecule has 0 aliphatic rings. The number of hydrogen-bond acceptors (Lipinski definition) is 5. The summed E-state index contributed by atoms with van der Waals surface area (Å²) in [6.45, 7) is 0. The van der Waals surface area contributed by atoms with E-state index in [0.29, 0.717) is 16.0 Å². The maximum atomic E-state index is 12.5. The first kappa shape index (κ1) is 16.8. The monoisotopic (exact) mass is 383 g/mol. The molecule has 2 aromatic carbocycles. The van der Waals surface area contributed by atoms with Gasteiger partial charge in [-0.1, -0.05) is 23.2 Å². The fraction of sp³-hybridized carbons (Fsp3) is 0.0625. The largest absolute Gasteiger partial charge is 0.452 e. The van der Waals surface area contributed by atoms with Gasteiger partial charge in [0.2, 0.25) is 5.78 Å². The van der Waals surface area contributed by atoms with Crippen LogP contribution in [0.4, 0.5) is 0 Å². The number of rotatable bonds is 4. The molecule has 1 aromatic heterocycles. The smallest absolute Gasteiger partial charge is 0.306 e. The van der Waals surface area contributed by atoms with Gasteiger partial charge in [-0.15, -0.1) is 0 Å². The van der Waals surface area contributed by atoms with Gasteiger partial charge in [-0.3, -0.25) is 4.79 Å². The van der Waals surface area contributed by atoms with Crippen molar-refractivity contribution in [1.82, 2.24) is 0 Å². The molecule has 0 atom stereocenters. The fourth-order valence-corrected chi connectivity index (χ4v) is 3.03. The highest BCUT2D eigenvalue weighted by molar-refractivity contribution is 7.86. The molecular formula is C16H9Cl2O5S. The normalized spacial score (nSPS) is 11.6. The molecule has 3 aromatic rings. The lowest BCUT2D eigenvalue weighted by atomic mass is 10.1. The summed E-state index contributed by atoms with van der Waals surface area (Å²) in [4.78, 5) is 12.5. The van der Waals surface area contributed by atoms with Crippen molar-refractivity contribution in [2.75, 3.05) is 6.26 Å². The molecular weight excluding hydrogens is 375 g/mol. The number of benzene rings is 2. The van der Waals surface area contributed by atoms with E-state index in [1.807, 2.05) is 0 Å². The van der Waals surface area contributed by atoms with E-state index in [1.165, 1.54) is 30.3 Å². The Kier molecular flexibility index (Phi) is 4.29. The summed E-state index contributed by atoms with van der Waals surface area (Å²) < 4.78 is 32.6. The van der Waals surface area contributed by atoms with Gasteiger partial charge in [-0.25, -0.2) is 0 Å². The topological polar surface area (TPSA) is 73.6 Å². The molecule has 24 heavy (non-hydrogen) atoms. The number of furan rings is 1. The molecule has 0 aliphatic carbocycles. The molecule has 8 heteroatoms. The van der Waals surface area contributed by atoms with Crippen molar-refractivity contribution in [3.05, 3.63) is 63.8 Å². The first-order valence-electron chi connectivity index (χ1n) is 6.58. The Morgan fingerprint density at radius 2 is 1.92 bits per heavy atom. The molecule has 0 amide bonds. The Bertz CT molecular complexity index is 1050.